The number of hydrogen-bond donors (Lipinski definition) is 1. The smallest absolute Gasteiger partial charge is 0.253 e. The number of anilines is 1. The molecule has 2 fully saturated rings. The third-order valence-corrected chi connectivity index (χ3v) is 5.17. The van der Waals surface area contributed by atoms with Crippen LogP contribution in [0.5, 0.6) is 0 Å². The molecule has 0 radical (unpaired) electrons. The lowest BCUT2D eigenvalue weighted by Gasteiger charge is -2.27. The molecule has 1 N–H and O–H groups in total. The zero-order valence-corrected chi connectivity index (χ0v) is 14.6. The largest absolute Gasteiger partial charge is 0.378 e. The number of halogens is 1. The number of amides is 1. The predicted octanol–water partition coefficient (Wildman–Crippen LogP) is 2.99. The van der Waals surface area contributed by atoms with Crippen molar-refractivity contribution in [2.45, 2.75) is 18.4 Å². The molecular formula is C19H20ClN3O2. The molecule has 130 valence electrons. The Morgan fingerprint density at radius 3 is 2.56 bits per heavy atom. The maximum Gasteiger partial charge on any atom is 0.253 e. The van der Waals surface area contributed by atoms with Crippen molar-refractivity contribution in [1.29, 1.82) is 0 Å². The molecule has 1 aliphatic carbocycles. The molecule has 0 bridgehead atoms. The molecule has 0 atom stereocenters. The van der Waals surface area contributed by atoms with Crippen LogP contribution in [-0.2, 0) is 10.3 Å². The molecule has 25 heavy (non-hydrogen) atoms. The molecule has 4 rings (SSSR count). The third kappa shape index (κ3) is 3.34. The maximum absolute atomic E-state index is 12.6. The van der Waals surface area contributed by atoms with Gasteiger partial charge < -0.3 is 15.0 Å². The Labute approximate surface area is 152 Å². The van der Waals surface area contributed by atoms with E-state index in [1.807, 2.05) is 36.4 Å². The average Bonchev–Trinajstić information content (AvgIpc) is 3.43. The van der Waals surface area contributed by atoms with Gasteiger partial charge in [-0.15, -0.1) is 0 Å². The first-order valence-electron chi connectivity index (χ1n) is 8.54. The van der Waals surface area contributed by atoms with Gasteiger partial charge in [-0.3, -0.25) is 4.79 Å². The summed E-state index contributed by atoms with van der Waals surface area (Å²) in [5.41, 5.74) is 1.22. The van der Waals surface area contributed by atoms with E-state index in [-0.39, 0.29) is 11.4 Å². The zero-order valence-electron chi connectivity index (χ0n) is 13.9. The molecule has 1 amide bonds. The van der Waals surface area contributed by atoms with E-state index in [1.54, 1.807) is 6.20 Å². The van der Waals surface area contributed by atoms with Gasteiger partial charge in [0.1, 0.15) is 5.82 Å². The van der Waals surface area contributed by atoms with E-state index in [0.29, 0.717) is 23.8 Å². The van der Waals surface area contributed by atoms with Crippen molar-refractivity contribution >= 4 is 23.3 Å². The van der Waals surface area contributed by atoms with Gasteiger partial charge in [0.25, 0.3) is 5.91 Å². The van der Waals surface area contributed by atoms with E-state index in [1.165, 1.54) is 0 Å². The van der Waals surface area contributed by atoms with Gasteiger partial charge >= 0.3 is 0 Å². The van der Waals surface area contributed by atoms with E-state index in [9.17, 15) is 4.79 Å². The fourth-order valence-electron chi connectivity index (χ4n) is 3.23. The second-order valence-electron chi connectivity index (χ2n) is 6.52. The van der Waals surface area contributed by atoms with Crippen molar-refractivity contribution in [2.75, 3.05) is 31.2 Å². The molecule has 2 heterocycles. The van der Waals surface area contributed by atoms with E-state index in [4.69, 9.17) is 16.3 Å². The summed E-state index contributed by atoms with van der Waals surface area (Å²) in [6.07, 6.45) is 3.45. The van der Waals surface area contributed by atoms with Gasteiger partial charge in [-0.1, -0.05) is 29.8 Å². The summed E-state index contributed by atoms with van der Waals surface area (Å²) in [6.45, 7) is 3.08. The topological polar surface area (TPSA) is 54.5 Å². The Balaban J connectivity index is 1.47. The number of rotatable bonds is 4. The quantitative estimate of drug-likeness (QED) is 0.914. The monoisotopic (exact) mass is 357 g/mol. The van der Waals surface area contributed by atoms with Gasteiger partial charge in [0.2, 0.25) is 0 Å². The Kier molecular flexibility index (Phi) is 4.36. The van der Waals surface area contributed by atoms with Gasteiger partial charge in [-0.25, -0.2) is 4.98 Å². The van der Waals surface area contributed by atoms with E-state index >= 15 is 0 Å². The van der Waals surface area contributed by atoms with Crippen molar-refractivity contribution in [2.24, 2.45) is 0 Å². The minimum Gasteiger partial charge on any atom is -0.378 e. The lowest BCUT2D eigenvalue weighted by Crippen LogP contribution is -2.37. The molecule has 5 nitrogen and oxygen atoms in total. The van der Waals surface area contributed by atoms with Crippen molar-refractivity contribution in [3.63, 3.8) is 0 Å². The molecular weight excluding hydrogens is 338 g/mol. The van der Waals surface area contributed by atoms with Crippen molar-refractivity contribution < 1.29 is 9.53 Å². The zero-order chi connectivity index (χ0) is 17.3. The highest BCUT2D eigenvalue weighted by Gasteiger charge is 2.46. The van der Waals surface area contributed by atoms with Crippen LogP contribution in [0.2, 0.25) is 5.02 Å². The van der Waals surface area contributed by atoms with E-state index in [0.717, 1.165) is 37.3 Å². The van der Waals surface area contributed by atoms with Gasteiger partial charge in [0, 0.05) is 24.3 Å². The number of aromatic nitrogens is 1. The number of carbonyl (C=O) groups is 1. The number of nitrogens with zero attached hydrogens (tertiary/aromatic N) is 2. The molecule has 2 aliphatic rings. The lowest BCUT2D eigenvalue weighted by atomic mass is 10.0. The first-order valence-corrected chi connectivity index (χ1v) is 8.92. The minimum absolute atomic E-state index is 0.113. The molecule has 0 unspecified atom stereocenters. The molecule has 1 saturated carbocycles. The molecule has 1 saturated heterocycles. The Morgan fingerprint density at radius 1 is 1.16 bits per heavy atom. The fraction of sp³-hybridized carbons (Fsp3) is 0.368. The fourth-order valence-corrected chi connectivity index (χ4v) is 3.54. The predicted molar refractivity (Wildman–Crippen MR) is 97.1 cm³/mol. The number of morpholine rings is 1. The first-order chi connectivity index (χ1) is 12.2. The van der Waals surface area contributed by atoms with Crippen LogP contribution < -0.4 is 10.2 Å². The van der Waals surface area contributed by atoms with Crippen LogP contribution in [0, 0.1) is 0 Å². The highest BCUT2D eigenvalue weighted by atomic mass is 35.5. The Morgan fingerprint density at radius 2 is 1.92 bits per heavy atom. The van der Waals surface area contributed by atoms with Gasteiger partial charge in [-0.2, -0.15) is 0 Å². The highest BCUT2D eigenvalue weighted by Crippen LogP contribution is 2.48. The average molecular weight is 358 g/mol. The number of carbonyl (C=O) groups excluding carboxylic acids is 1. The second kappa shape index (κ2) is 6.65. The lowest BCUT2D eigenvalue weighted by molar-refractivity contribution is 0.0930. The standard InChI is InChI=1S/C19H20ClN3O2/c20-16-4-2-1-3-15(16)19(7-8-19)22-18(24)14-5-6-17(21-13-14)23-9-11-25-12-10-23/h1-6,13H,7-12H2,(H,22,24). The molecule has 1 aromatic carbocycles. The number of ether oxygens (including phenoxy) is 1. The first kappa shape index (κ1) is 16.4. The summed E-state index contributed by atoms with van der Waals surface area (Å²) in [7, 11) is 0. The Bertz CT molecular complexity index is 768. The molecule has 1 aromatic heterocycles. The summed E-state index contributed by atoms with van der Waals surface area (Å²) < 4.78 is 5.35. The number of nitrogens with one attached hydrogen (secondary N) is 1. The number of benzene rings is 1. The minimum atomic E-state index is -0.335. The molecule has 1 aliphatic heterocycles. The summed E-state index contributed by atoms with van der Waals surface area (Å²) in [5.74, 6) is 0.769. The van der Waals surface area contributed by atoms with Gasteiger partial charge in [0.05, 0.1) is 24.3 Å². The van der Waals surface area contributed by atoms with Crippen LogP contribution in [-0.4, -0.2) is 37.2 Å². The van der Waals surface area contributed by atoms with Crippen LogP contribution in [0.4, 0.5) is 5.82 Å². The van der Waals surface area contributed by atoms with Crippen LogP contribution in [0.1, 0.15) is 28.8 Å². The number of hydrogen-bond acceptors (Lipinski definition) is 4. The summed E-state index contributed by atoms with van der Waals surface area (Å²) >= 11 is 6.31. The molecule has 0 spiro atoms. The highest BCUT2D eigenvalue weighted by molar-refractivity contribution is 6.31. The normalized spacial score (nSPS) is 18.7. The van der Waals surface area contributed by atoms with Crippen LogP contribution in [0.3, 0.4) is 0 Å². The van der Waals surface area contributed by atoms with Gasteiger partial charge in [-0.05, 0) is 36.6 Å². The van der Waals surface area contributed by atoms with Crippen molar-refractivity contribution in [3.8, 4) is 0 Å². The summed E-state index contributed by atoms with van der Waals surface area (Å²) in [5, 5.41) is 3.84. The van der Waals surface area contributed by atoms with Crippen molar-refractivity contribution in [1.82, 2.24) is 10.3 Å². The summed E-state index contributed by atoms with van der Waals surface area (Å²) in [4.78, 5) is 19.3. The second-order valence-corrected chi connectivity index (χ2v) is 6.93. The van der Waals surface area contributed by atoms with Crippen LogP contribution in [0.15, 0.2) is 42.6 Å². The van der Waals surface area contributed by atoms with E-state index < -0.39 is 0 Å². The number of pyridine rings is 1. The molecule has 6 heteroatoms. The third-order valence-electron chi connectivity index (χ3n) is 4.84. The maximum atomic E-state index is 12.6. The van der Waals surface area contributed by atoms with E-state index in [2.05, 4.69) is 15.2 Å². The van der Waals surface area contributed by atoms with Crippen LogP contribution in [0.25, 0.3) is 0 Å². The molecule has 2 aromatic rings. The SMILES string of the molecule is O=C(NC1(c2ccccc2Cl)CC1)c1ccc(N2CCOCC2)nc1. The summed E-state index contributed by atoms with van der Waals surface area (Å²) in [6, 6.07) is 11.4. The van der Waals surface area contributed by atoms with Crippen molar-refractivity contribution in [3.05, 3.63) is 58.7 Å². The van der Waals surface area contributed by atoms with Crippen LogP contribution >= 0.6 is 11.6 Å². The van der Waals surface area contributed by atoms with Gasteiger partial charge in [0.15, 0.2) is 0 Å². The Hall–Kier alpha value is -2.11.